The van der Waals surface area contributed by atoms with Crippen LogP contribution in [-0.2, 0) is 16.1 Å². The number of esters is 1. The lowest BCUT2D eigenvalue weighted by molar-refractivity contribution is -0.143. The summed E-state index contributed by atoms with van der Waals surface area (Å²) in [6.07, 6.45) is 0. The summed E-state index contributed by atoms with van der Waals surface area (Å²) in [5, 5.41) is 0.623. The summed E-state index contributed by atoms with van der Waals surface area (Å²) in [5.74, 6) is 0.359. The molecule has 33 heavy (non-hydrogen) atoms. The van der Waals surface area contributed by atoms with Crippen LogP contribution in [0.15, 0.2) is 71.7 Å². The Kier molecular flexibility index (Phi) is 7.13. The average Bonchev–Trinajstić information content (AvgIpc) is 3.15. The van der Waals surface area contributed by atoms with Crippen LogP contribution in [0.2, 0.25) is 10.0 Å². The van der Waals surface area contributed by atoms with Crippen molar-refractivity contribution in [3.63, 3.8) is 0 Å². The minimum atomic E-state index is -0.468. The van der Waals surface area contributed by atoms with Gasteiger partial charge in [-0.25, -0.2) is 0 Å². The summed E-state index contributed by atoms with van der Waals surface area (Å²) in [6.45, 7) is 1.81. The standard InChI is InChI=1S/C24H18Cl2N2O4S/c1-2-31-20(29)14-28-22-19(13-12-18(25)21(22)26)33-24(28)27-23(30)15-8-10-17(11-9-15)32-16-6-4-3-5-7-16/h3-13H,2,14H2,1H3. The predicted octanol–water partition coefficient (Wildman–Crippen LogP) is 6.11. The third-order valence-corrected chi connectivity index (χ3v) is 6.44. The van der Waals surface area contributed by atoms with Crippen molar-refractivity contribution in [2.45, 2.75) is 13.5 Å². The fourth-order valence-corrected chi connectivity index (χ4v) is 4.62. The van der Waals surface area contributed by atoms with E-state index >= 15 is 0 Å². The molecule has 0 aliphatic carbocycles. The number of halogens is 2. The normalized spacial score (nSPS) is 11.5. The molecule has 0 aliphatic heterocycles. The maximum atomic E-state index is 12.9. The molecule has 6 nitrogen and oxygen atoms in total. The first-order valence-electron chi connectivity index (χ1n) is 10.0. The van der Waals surface area contributed by atoms with Gasteiger partial charge in [0.15, 0.2) is 4.80 Å². The molecule has 1 heterocycles. The fraction of sp³-hybridized carbons (Fsp3) is 0.125. The zero-order valence-corrected chi connectivity index (χ0v) is 19.8. The van der Waals surface area contributed by atoms with E-state index in [0.717, 1.165) is 4.70 Å². The van der Waals surface area contributed by atoms with E-state index < -0.39 is 11.9 Å². The Balaban J connectivity index is 1.68. The van der Waals surface area contributed by atoms with Gasteiger partial charge in [0.05, 0.1) is 26.9 Å². The summed E-state index contributed by atoms with van der Waals surface area (Å²) in [5.41, 5.74) is 0.903. The van der Waals surface area contributed by atoms with E-state index in [-0.39, 0.29) is 18.2 Å². The molecule has 168 valence electrons. The molecule has 1 aromatic heterocycles. The Morgan fingerprint density at radius 1 is 0.970 bits per heavy atom. The van der Waals surface area contributed by atoms with Crippen LogP contribution < -0.4 is 9.54 Å². The summed E-state index contributed by atoms with van der Waals surface area (Å²) in [4.78, 5) is 29.7. The van der Waals surface area contributed by atoms with Crippen molar-refractivity contribution in [1.82, 2.24) is 4.57 Å². The number of rotatable bonds is 6. The Hall–Kier alpha value is -3.13. The van der Waals surface area contributed by atoms with Crippen molar-refractivity contribution in [3.05, 3.63) is 87.1 Å². The minimum absolute atomic E-state index is 0.149. The zero-order chi connectivity index (χ0) is 23.4. The Labute approximate surface area is 203 Å². The molecule has 0 saturated heterocycles. The average molecular weight is 501 g/mol. The van der Waals surface area contributed by atoms with Crippen molar-refractivity contribution in [1.29, 1.82) is 0 Å². The molecule has 0 bridgehead atoms. The Bertz CT molecular complexity index is 1380. The lowest BCUT2D eigenvalue weighted by Crippen LogP contribution is -2.23. The zero-order valence-electron chi connectivity index (χ0n) is 17.5. The lowest BCUT2D eigenvalue weighted by atomic mass is 10.2. The highest BCUT2D eigenvalue weighted by Gasteiger charge is 2.17. The van der Waals surface area contributed by atoms with Gasteiger partial charge in [0.25, 0.3) is 5.91 Å². The molecule has 9 heteroatoms. The number of amides is 1. The van der Waals surface area contributed by atoms with Gasteiger partial charge in [0.2, 0.25) is 0 Å². The van der Waals surface area contributed by atoms with Gasteiger partial charge < -0.3 is 14.0 Å². The molecule has 4 rings (SSSR count). The highest BCUT2D eigenvalue weighted by molar-refractivity contribution is 7.16. The number of nitrogens with zero attached hydrogens (tertiary/aromatic N) is 2. The van der Waals surface area contributed by atoms with Gasteiger partial charge in [0, 0.05) is 5.56 Å². The number of ether oxygens (including phenoxy) is 2. The van der Waals surface area contributed by atoms with Crippen molar-refractivity contribution in [2.75, 3.05) is 6.61 Å². The van der Waals surface area contributed by atoms with Crippen LogP contribution in [0.3, 0.4) is 0 Å². The fourth-order valence-electron chi connectivity index (χ4n) is 3.11. The molecule has 0 atom stereocenters. The van der Waals surface area contributed by atoms with Gasteiger partial charge in [-0.3, -0.25) is 9.59 Å². The molecule has 0 radical (unpaired) electrons. The summed E-state index contributed by atoms with van der Waals surface area (Å²) < 4.78 is 13.1. The molecule has 1 amide bonds. The first-order chi connectivity index (χ1) is 16.0. The SMILES string of the molecule is CCOC(=O)Cn1c(=NC(=O)c2ccc(Oc3ccccc3)cc2)sc2ccc(Cl)c(Cl)c21. The van der Waals surface area contributed by atoms with Crippen LogP contribution in [0, 0.1) is 0 Å². The van der Waals surface area contributed by atoms with Crippen LogP contribution in [0.4, 0.5) is 0 Å². The molecule has 0 fully saturated rings. The summed E-state index contributed by atoms with van der Waals surface area (Å²) in [6, 6.07) is 19.4. The smallest absolute Gasteiger partial charge is 0.326 e. The predicted molar refractivity (Wildman–Crippen MR) is 129 cm³/mol. The number of hydrogen-bond acceptors (Lipinski definition) is 5. The minimum Gasteiger partial charge on any atom is -0.465 e. The van der Waals surface area contributed by atoms with E-state index in [0.29, 0.717) is 32.4 Å². The number of fused-ring (bicyclic) bond motifs is 1. The Morgan fingerprint density at radius 2 is 1.67 bits per heavy atom. The first kappa shape index (κ1) is 23.0. The van der Waals surface area contributed by atoms with E-state index in [2.05, 4.69) is 4.99 Å². The highest BCUT2D eigenvalue weighted by Crippen LogP contribution is 2.32. The Morgan fingerprint density at radius 3 is 2.36 bits per heavy atom. The molecule has 0 unspecified atom stereocenters. The van der Waals surface area contributed by atoms with Crippen LogP contribution >= 0.6 is 34.5 Å². The van der Waals surface area contributed by atoms with Gasteiger partial charge in [-0.15, -0.1) is 0 Å². The van der Waals surface area contributed by atoms with E-state index in [9.17, 15) is 9.59 Å². The molecular weight excluding hydrogens is 483 g/mol. The van der Waals surface area contributed by atoms with E-state index in [1.54, 1.807) is 47.9 Å². The molecule has 0 N–H and O–H groups in total. The van der Waals surface area contributed by atoms with Crippen LogP contribution in [0.25, 0.3) is 10.2 Å². The van der Waals surface area contributed by atoms with Crippen molar-refractivity contribution in [2.24, 2.45) is 4.99 Å². The monoisotopic (exact) mass is 500 g/mol. The topological polar surface area (TPSA) is 69.9 Å². The maximum Gasteiger partial charge on any atom is 0.326 e. The lowest BCUT2D eigenvalue weighted by Gasteiger charge is -2.07. The van der Waals surface area contributed by atoms with Gasteiger partial charge in [0.1, 0.15) is 18.0 Å². The van der Waals surface area contributed by atoms with Gasteiger partial charge in [-0.2, -0.15) is 4.99 Å². The second-order valence-corrected chi connectivity index (χ2v) is 8.63. The quantitative estimate of drug-likeness (QED) is 0.299. The van der Waals surface area contributed by atoms with Crippen molar-refractivity contribution >= 4 is 56.6 Å². The van der Waals surface area contributed by atoms with Gasteiger partial charge in [-0.05, 0) is 55.5 Å². The van der Waals surface area contributed by atoms with Crippen LogP contribution in [0.1, 0.15) is 17.3 Å². The molecule has 0 spiro atoms. The second kappa shape index (κ2) is 10.2. The number of carbonyl (C=O) groups excluding carboxylic acids is 2. The number of benzene rings is 3. The second-order valence-electron chi connectivity index (χ2n) is 6.84. The first-order valence-corrected chi connectivity index (χ1v) is 11.6. The number of thiazole rings is 1. The number of hydrogen-bond donors (Lipinski definition) is 0. The number of para-hydroxylation sites is 1. The highest BCUT2D eigenvalue weighted by atomic mass is 35.5. The molecule has 0 saturated carbocycles. The largest absolute Gasteiger partial charge is 0.465 e. The van der Waals surface area contributed by atoms with Crippen molar-refractivity contribution < 1.29 is 19.1 Å². The molecule has 3 aromatic carbocycles. The number of carbonyl (C=O) groups is 2. The number of aromatic nitrogens is 1. The maximum absolute atomic E-state index is 12.9. The third kappa shape index (κ3) is 5.27. The molecule has 0 aliphatic rings. The molecule has 4 aromatic rings. The van der Waals surface area contributed by atoms with E-state index in [1.165, 1.54) is 11.3 Å². The van der Waals surface area contributed by atoms with E-state index in [4.69, 9.17) is 32.7 Å². The van der Waals surface area contributed by atoms with Crippen LogP contribution in [-0.4, -0.2) is 23.1 Å². The van der Waals surface area contributed by atoms with E-state index in [1.807, 2.05) is 30.3 Å². The molecular formula is C24H18Cl2N2O4S. The summed E-state index contributed by atoms with van der Waals surface area (Å²) >= 11 is 13.8. The van der Waals surface area contributed by atoms with Gasteiger partial charge in [-0.1, -0.05) is 52.7 Å². The van der Waals surface area contributed by atoms with Crippen LogP contribution in [0.5, 0.6) is 11.5 Å². The summed E-state index contributed by atoms with van der Waals surface area (Å²) in [7, 11) is 0. The third-order valence-electron chi connectivity index (χ3n) is 4.60. The van der Waals surface area contributed by atoms with Gasteiger partial charge >= 0.3 is 5.97 Å². The van der Waals surface area contributed by atoms with Crippen molar-refractivity contribution in [3.8, 4) is 11.5 Å².